The fourth-order valence-corrected chi connectivity index (χ4v) is 1.46. The SMILES string of the molecule is O=C(c1ccn(Cc2ccccc2)n1)C(F)F. The number of halogens is 2. The second kappa shape index (κ2) is 4.86. The van der Waals surface area contributed by atoms with Crippen LogP contribution in [-0.4, -0.2) is 22.0 Å². The summed E-state index contributed by atoms with van der Waals surface area (Å²) in [6.07, 6.45) is -1.49. The van der Waals surface area contributed by atoms with E-state index in [1.807, 2.05) is 30.3 Å². The third-order valence-corrected chi connectivity index (χ3v) is 2.28. The maximum absolute atomic E-state index is 12.2. The van der Waals surface area contributed by atoms with Crippen LogP contribution in [0.15, 0.2) is 42.6 Å². The minimum atomic E-state index is -3.00. The van der Waals surface area contributed by atoms with Crippen LogP contribution in [0.3, 0.4) is 0 Å². The lowest BCUT2D eigenvalue weighted by Crippen LogP contribution is -2.12. The van der Waals surface area contributed by atoms with E-state index >= 15 is 0 Å². The van der Waals surface area contributed by atoms with Crippen molar-refractivity contribution in [1.82, 2.24) is 9.78 Å². The van der Waals surface area contributed by atoms with Crippen molar-refractivity contribution in [3.05, 3.63) is 53.9 Å². The Kier molecular flexibility index (Phi) is 3.27. The summed E-state index contributed by atoms with van der Waals surface area (Å²) >= 11 is 0. The molecule has 17 heavy (non-hydrogen) atoms. The number of aromatic nitrogens is 2. The first kappa shape index (κ1) is 11.4. The van der Waals surface area contributed by atoms with Gasteiger partial charge in [0.25, 0.3) is 0 Å². The van der Waals surface area contributed by atoms with Crippen LogP contribution < -0.4 is 0 Å². The number of ketones is 1. The van der Waals surface area contributed by atoms with Crippen molar-refractivity contribution in [3.8, 4) is 0 Å². The van der Waals surface area contributed by atoms with E-state index in [1.165, 1.54) is 16.9 Å². The Morgan fingerprint density at radius 1 is 1.24 bits per heavy atom. The number of hydrogen-bond acceptors (Lipinski definition) is 2. The molecule has 0 N–H and O–H groups in total. The van der Waals surface area contributed by atoms with E-state index in [4.69, 9.17) is 0 Å². The lowest BCUT2D eigenvalue weighted by atomic mass is 10.2. The minimum absolute atomic E-state index is 0.198. The third-order valence-electron chi connectivity index (χ3n) is 2.28. The lowest BCUT2D eigenvalue weighted by Gasteiger charge is -2.01. The molecular formula is C12H10F2N2O. The van der Waals surface area contributed by atoms with Gasteiger partial charge in [0.15, 0.2) is 0 Å². The second-order valence-corrected chi connectivity index (χ2v) is 3.55. The second-order valence-electron chi connectivity index (χ2n) is 3.55. The number of carbonyl (C=O) groups excluding carboxylic acids is 1. The van der Waals surface area contributed by atoms with E-state index < -0.39 is 12.2 Å². The summed E-state index contributed by atoms with van der Waals surface area (Å²) in [5.74, 6) is -1.24. The highest BCUT2D eigenvalue weighted by Crippen LogP contribution is 2.07. The summed E-state index contributed by atoms with van der Waals surface area (Å²) in [6, 6.07) is 10.7. The molecule has 0 atom stereocenters. The van der Waals surface area contributed by atoms with E-state index in [0.717, 1.165) is 5.56 Å². The summed E-state index contributed by atoms with van der Waals surface area (Å²) in [4.78, 5) is 11.0. The zero-order valence-corrected chi connectivity index (χ0v) is 8.88. The fraction of sp³-hybridized carbons (Fsp3) is 0.167. The Hall–Kier alpha value is -2.04. The Morgan fingerprint density at radius 3 is 2.59 bits per heavy atom. The van der Waals surface area contributed by atoms with Gasteiger partial charge in [-0.25, -0.2) is 8.78 Å². The lowest BCUT2D eigenvalue weighted by molar-refractivity contribution is 0.0672. The van der Waals surface area contributed by atoms with Gasteiger partial charge >= 0.3 is 6.43 Å². The highest BCUT2D eigenvalue weighted by Gasteiger charge is 2.20. The van der Waals surface area contributed by atoms with Gasteiger partial charge in [-0.1, -0.05) is 30.3 Å². The zero-order valence-electron chi connectivity index (χ0n) is 8.88. The molecule has 0 aliphatic carbocycles. The summed E-state index contributed by atoms with van der Waals surface area (Å²) in [6.45, 7) is 0.456. The number of nitrogens with zero attached hydrogens (tertiary/aromatic N) is 2. The first-order valence-electron chi connectivity index (χ1n) is 5.06. The van der Waals surface area contributed by atoms with Gasteiger partial charge < -0.3 is 0 Å². The van der Waals surface area contributed by atoms with Crippen LogP contribution in [0.5, 0.6) is 0 Å². The molecule has 1 aromatic heterocycles. The van der Waals surface area contributed by atoms with Crippen molar-refractivity contribution in [3.63, 3.8) is 0 Å². The van der Waals surface area contributed by atoms with E-state index in [-0.39, 0.29) is 5.69 Å². The summed E-state index contributed by atoms with van der Waals surface area (Å²) < 4.78 is 25.8. The van der Waals surface area contributed by atoms with Crippen molar-refractivity contribution in [2.24, 2.45) is 0 Å². The van der Waals surface area contributed by atoms with Crippen molar-refractivity contribution in [2.75, 3.05) is 0 Å². The average molecular weight is 236 g/mol. The van der Waals surface area contributed by atoms with Gasteiger partial charge in [-0.2, -0.15) is 5.10 Å². The first-order valence-corrected chi connectivity index (χ1v) is 5.06. The topological polar surface area (TPSA) is 34.9 Å². The summed E-state index contributed by atoms with van der Waals surface area (Å²) in [7, 11) is 0. The number of alkyl halides is 2. The zero-order chi connectivity index (χ0) is 12.3. The van der Waals surface area contributed by atoms with Crippen LogP contribution >= 0.6 is 0 Å². The molecule has 0 unspecified atom stereocenters. The minimum Gasteiger partial charge on any atom is -0.286 e. The van der Waals surface area contributed by atoms with Gasteiger partial charge in [0.05, 0.1) is 6.54 Å². The molecule has 2 rings (SSSR count). The summed E-state index contributed by atoms with van der Waals surface area (Å²) in [5.41, 5.74) is 0.794. The first-order chi connectivity index (χ1) is 8.16. The number of rotatable bonds is 4. The van der Waals surface area contributed by atoms with Gasteiger partial charge in [0, 0.05) is 6.20 Å². The maximum Gasteiger partial charge on any atom is 0.302 e. The van der Waals surface area contributed by atoms with E-state index in [2.05, 4.69) is 5.10 Å². The standard InChI is InChI=1S/C12H10F2N2O/c13-12(14)11(17)10-6-7-16(15-10)8-9-4-2-1-3-5-9/h1-7,12H,8H2. The number of carbonyl (C=O) groups is 1. The molecule has 88 valence electrons. The van der Waals surface area contributed by atoms with Crippen LogP contribution in [0.4, 0.5) is 8.78 Å². The van der Waals surface area contributed by atoms with Gasteiger partial charge in [-0.3, -0.25) is 9.48 Å². The Labute approximate surface area is 96.7 Å². The highest BCUT2D eigenvalue weighted by atomic mass is 19.3. The third kappa shape index (κ3) is 2.75. The molecule has 0 radical (unpaired) electrons. The molecule has 0 amide bonds. The molecule has 3 nitrogen and oxygen atoms in total. The van der Waals surface area contributed by atoms with Gasteiger partial charge in [0.2, 0.25) is 5.78 Å². The Balaban J connectivity index is 2.12. The average Bonchev–Trinajstić information content (AvgIpc) is 2.77. The largest absolute Gasteiger partial charge is 0.302 e. The molecule has 5 heteroatoms. The Morgan fingerprint density at radius 2 is 1.94 bits per heavy atom. The predicted molar refractivity (Wildman–Crippen MR) is 58.1 cm³/mol. The van der Waals surface area contributed by atoms with Gasteiger partial charge in [-0.15, -0.1) is 0 Å². The fourth-order valence-electron chi connectivity index (χ4n) is 1.46. The van der Waals surface area contributed by atoms with Crippen molar-refractivity contribution in [1.29, 1.82) is 0 Å². The number of benzene rings is 1. The molecule has 0 bridgehead atoms. The van der Waals surface area contributed by atoms with Gasteiger partial charge in [-0.05, 0) is 11.6 Å². The number of Topliss-reactive ketones (excluding diaryl/α,β-unsaturated/α-hetero) is 1. The monoisotopic (exact) mass is 236 g/mol. The Bertz CT molecular complexity index is 508. The number of hydrogen-bond donors (Lipinski definition) is 0. The van der Waals surface area contributed by atoms with Gasteiger partial charge in [0.1, 0.15) is 5.69 Å². The van der Waals surface area contributed by atoms with Crippen LogP contribution in [-0.2, 0) is 6.54 Å². The molecule has 2 aromatic rings. The van der Waals surface area contributed by atoms with Crippen molar-refractivity contribution >= 4 is 5.78 Å². The van der Waals surface area contributed by atoms with Crippen LogP contribution in [0.25, 0.3) is 0 Å². The van der Waals surface area contributed by atoms with E-state index in [0.29, 0.717) is 6.54 Å². The molecule has 0 saturated carbocycles. The van der Waals surface area contributed by atoms with Crippen LogP contribution in [0.1, 0.15) is 16.1 Å². The van der Waals surface area contributed by atoms with Crippen LogP contribution in [0.2, 0.25) is 0 Å². The molecule has 0 aliphatic heterocycles. The molecular weight excluding hydrogens is 226 g/mol. The smallest absolute Gasteiger partial charge is 0.286 e. The molecule has 0 aliphatic rings. The molecule has 1 heterocycles. The predicted octanol–water partition coefficient (Wildman–Crippen LogP) is 2.38. The van der Waals surface area contributed by atoms with Crippen molar-refractivity contribution in [2.45, 2.75) is 13.0 Å². The quantitative estimate of drug-likeness (QED) is 0.764. The maximum atomic E-state index is 12.2. The highest BCUT2D eigenvalue weighted by molar-refractivity contribution is 5.96. The van der Waals surface area contributed by atoms with Crippen molar-refractivity contribution < 1.29 is 13.6 Å². The normalized spacial score (nSPS) is 10.8. The molecule has 0 spiro atoms. The summed E-state index contributed by atoms with van der Waals surface area (Å²) in [5, 5.41) is 3.81. The molecule has 1 aromatic carbocycles. The molecule has 0 saturated heterocycles. The molecule has 0 fully saturated rings. The van der Waals surface area contributed by atoms with Crippen LogP contribution in [0, 0.1) is 0 Å². The van der Waals surface area contributed by atoms with E-state index in [1.54, 1.807) is 0 Å². The van der Waals surface area contributed by atoms with E-state index in [9.17, 15) is 13.6 Å².